The molecule has 4 rings (SSSR count). The summed E-state index contributed by atoms with van der Waals surface area (Å²) < 4.78 is 40.4. The zero-order valence-corrected chi connectivity index (χ0v) is 19.0. The van der Waals surface area contributed by atoms with Crippen LogP contribution in [0.1, 0.15) is 49.7 Å². The van der Waals surface area contributed by atoms with Gasteiger partial charge < -0.3 is 4.43 Å². The van der Waals surface area contributed by atoms with Gasteiger partial charge in [-0.15, -0.1) is 0 Å². The van der Waals surface area contributed by atoms with Gasteiger partial charge in [0.25, 0.3) is 8.32 Å². The third-order valence-corrected chi connectivity index (χ3v) is 11.7. The normalized spacial score (nSPS) is 29.4. The van der Waals surface area contributed by atoms with Crippen LogP contribution in [0.5, 0.6) is 0 Å². The predicted octanol–water partition coefficient (Wildman–Crippen LogP) is 4.53. The maximum atomic E-state index is 14.9. The van der Waals surface area contributed by atoms with Gasteiger partial charge in [-0.1, -0.05) is 81.4 Å². The number of rotatable bonds is 5. The zero-order valence-electron chi connectivity index (χ0n) is 20.0. The topological polar surface area (TPSA) is 12.5 Å². The van der Waals surface area contributed by atoms with Gasteiger partial charge in [0, 0.05) is 18.0 Å². The molecule has 3 atom stereocenters. The van der Waals surface area contributed by atoms with Crippen LogP contribution in [-0.4, -0.2) is 44.1 Å². The van der Waals surface area contributed by atoms with E-state index in [9.17, 15) is 7.13 Å². The van der Waals surface area contributed by atoms with E-state index in [0.717, 1.165) is 23.3 Å². The van der Waals surface area contributed by atoms with Gasteiger partial charge in [0.05, 0.1) is 9.30 Å². The molecule has 0 N–H and O–H groups in total. The van der Waals surface area contributed by atoms with Gasteiger partial charge in [0.15, 0.2) is 0 Å². The minimum absolute atomic E-state index is 0.194. The van der Waals surface area contributed by atoms with Gasteiger partial charge in [-0.3, -0.25) is 4.90 Å². The van der Waals surface area contributed by atoms with Crippen molar-refractivity contribution in [3.8, 4) is 0 Å². The Balaban J connectivity index is 1.89. The highest BCUT2D eigenvalue weighted by atomic mass is 28.4. The third-order valence-electron chi connectivity index (χ3n) is 6.90. The average Bonchev–Trinajstić information content (AvgIpc) is 3.26. The van der Waals surface area contributed by atoms with E-state index >= 15 is 0 Å². The molecule has 29 heavy (non-hydrogen) atoms. The molecule has 156 valence electrons. The van der Waals surface area contributed by atoms with Crippen molar-refractivity contribution in [1.29, 1.82) is 0 Å². The third kappa shape index (κ3) is 3.39. The van der Waals surface area contributed by atoms with E-state index in [-0.39, 0.29) is 17.5 Å². The van der Waals surface area contributed by atoms with Crippen LogP contribution >= 0.6 is 0 Å². The fourth-order valence-electron chi connectivity index (χ4n) is 5.37. The summed E-state index contributed by atoms with van der Waals surface area (Å²) >= 11 is 0. The number of fused-ring (bicyclic) bond motifs is 1. The summed E-state index contributed by atoms with van der Waals surface area (Å²) in [6.07, 6.45) is 0.668. The van der Waals surface area contributed by atoms with Crippen LogP contribution in [0.3, 0.4) is 0 Å². The SMILES string of the molecule is [2H]C([2H])(O[Si](c1ccccc1)(c1ccccc1)C(C)(C)C)[C@@]12CCCN1[C@@H](C)[C@H](F)C2. The molecule has 0 spiro atoms. The van der Waals surface area contributed by atoms with Crippen molar-refractivity contribution in [2.45, 2.75) is 69.7 Å². The number of nitrogens with zero attached hydrogens (tertiary/aromatic N) is 1. The van der Waals surface area contributed by atoms with Gasteiger partial charge >= 0.3 is 0 Å². The molecule has 2 aromatic carbocycles. The Labute approximate surface area is 179 Å². The van der Waals surface area contributed by atoms with Crippen LogP contribution in [-0.2, 0) is 4.43 Å². The Hall–Kier alpha value is -1.49. The molecule has 0 amide bonds. The predicted molar refractivity (Wildman–Crippen MR) is 121 cm³/mol. The molecule has 2 nitrogen and oxygen atoms in total. The molecule has 0 saturated carbocycles. The van der Waals surface area contributed by atoms with E-state index in [1.54, 1.807) is 0 Å². The molecule has 2 aliphatic heterocycles. The number of benzene rings is 2. The fourth-order valence-corrected chi connectivity index (χ4v) is 9.65. The quantitative estimate of drug-likeness (QED) is 0.668. The molecule has 2 aliphatic rings. The molecule has 0 aromatic heterocycles. The second-order valence-corrected chi connectivity index (χ2v) is 13.9. The van der Waals surface area contributed by atoms with Crippen molar-refractivity contribution in [1.82, 2.24) is 4.90 Å². The maximum absolute atomic E-state index is 14.9. The van der Waals surface area contributed by atoms with Gasteiger partial charge in [0.1, 0.15) is 6.17 Å². The summed E-state index contributed by atoms with van der Waals surface area (Å²) in [7, 11) is -3.09. The highest BCUT2D eigenvalue weighted by Gasteiger charge is 2.56. The molecular formula is C25H34FNOSi. The second-order valence-electron chi connectivity index (χ2n) is 9.66. The van der Waals surface area contributed by atoms with Crippen molar-refractivity contribution < 1.29 is 11.6 Å². The highest BCUT2D eigenvalue weighted by molar-refractivity contribution is 6.99. The summed E-state index contributed by atoms with van der Waals surface area (Å²) in [6, 6.07) is 20.0. The average molecular weight is 414 g/mol. The van der Waals surface area contributed by atoms with Crippen molar-refractivity contribution in [2.75, 3.05) is 13.1 Å². The smallest absolute Gasteiger partial charge is 0.261 e. The van der Waals surface area contributed by atoms with Gasteiger partial charge in [-0.05, 0) is 41.7 Å². The summed E-state index contributed by atoms with van der Waals surface area (Å²) in [5.41, 5.74) is -0.918. The number of halogens is 1. The lowest BCUT2D eigenvalue weighted by Crippen LogP contribution is -2.68. The molecule has 2 aromatic rings. The Kier molecular flexibility index (Phi) is 4.82. The monoisotopic (exact) mass is 413 g/mol. The van der Waals surface area contributed by atoms with Gasteiger partial charge in [-0.25, -0.2) is 4.39 Å². The standard InChI is InChI=1S/C25H34FNOSi/c1-20-23(26)18-25(16-11-17-27(20)25)19-28-29(24(2,3)4,21-12-7-5-8-13-21)22-14-9-6-10-15-22/h5-10,12-15,20,23H,11,16-19H2,1-4H3/t20-,23+,25-/m0/s1/i19D2. The zero-order chi connectivity index (χ0) is 22.5. The summed E-state index contributed by atoms with van der Waals surface area (Å²) in [5, 5.41) is 1.75. The molecule has 2 fully saturated rings. The molecule has 0 aliphatic carbocycles. The van der Waals surface area contributed by atoms with Crippen LogP contribution in [0.25, 0.3) is 0 Å². The first-order valence-corrected chi connectivity index (χ1v) is 12.7. The minimum Gasteiger partial charge on any atom is -0.406 e. The minimum atomic E-state index is -3.09. The second kappa shape index (κ2) is 7.64. The lowest BCUT2D eigenvalue weighted by atomic mass is 9.95. The largest absolute Gasteiger partial charge is 0.406 e. The molecule has 2 saturated heterocycles. The molecule has 0 bridgehead atoms. The molecular weight excluding hydrogens is 377 g/mol. The number of hydrogen-bond donors (Lipinski definition) is 0. The van der Waals surface area contributed by atoms with Crippen molar-refractivity contribution >= 4 is 18.7 Å². The van der Waals surface area contributed by atoms with E-state index in [1.807, 2.05) is 43.3 Å². The fraction of sp³-hybridized carbons (Fsp3) is 0.520. The van der Waals surface area contributed by atoms with Gasteiger partial charge in [0.2, 0.25) is 0 Å². The first kappa shape index (κ1) is 18.3. The lowest BCUT2D eigenvalue weighted by Gasteiger charge is -2.45. The molecule has 4 heteroatoms. The van der Waals surface area contributed by atoms with Crippen molar-refractivity contribution in [3.05, 3.63) is 60.7 Å². The van der Waals surface area contributed by atoms with Crippen LogP contribution in [0.4, 0.5) is 4.39 Å². The molecule has 2 heterocycles. The van der Waals surface area contributed by atoms with Crippen molar-refractivity contribution in [2.24, 2.45) is 0 Å². The van der Waals surface area contributed by atoms with Crippen molar-refractivity contribution in [3.63, 3.8) is 0 Å². The Morgan fingerprint density at radius 2 is 1.66 bits per heavy atom. The number of hydrogen-bond acceptors (Lipinski definition) is 2. The molecule has 0 radical (unpaired) electrons. The Morgan fingerprint density at radius 1 is 1.10 bits per heavy atom. The van der Waals surface area contributed by atoms with Crippen LogP contribution < -0.4 is 10.4 Å². The van der Waals surface area contributed by atoms with Crippen LogP contribution in [0.15, 0.2) is 60.7 Å². The summed E-state index contributed by atoms with van der Waals surface area (Å²) in [4.78, 5) is 2.05. The first-order valence-electron chi connectivity index (χ1n) is 11.8. The van der Waals surface area contributed by atoms with Crippen LogP contribution in [0.2, 0.25) is 5.04 Å². The Morgan fingerprint density at radius 3 is 2.17 bits per heavy atom. The highest BCUT2D eigenvalue weighted by Crippen LogP contribution is 2.45. The van der Waals surface area contributed by atoms with E-state index in [1.165, 1.54) is 0 Å². The number of alkyl halides is 1. The van der Waals surface area contributed by atoms with E-state index in [0.29, 0.717) is 6.42 Å². The van der Waals surface area contributed by atoms with Gasteiger partial charge in [-0.2, -0.15) is 0 Å². The first-order chi connectivity index (χ1) is 14.6. The summed E-state index contributed by atoms with van der Waals surface area (Å²) in [6.45, 7) is 7.07. The lowest BCUT2D eigenvalue weighted by molar-refractivity contribution is 0.0878. The Bertz CT molecular complexity index is 865. The van der Waals surface area contributed by atoms with Crippen LogP contribution in [0, 0.1) is 0 Å². The maximum Gasteiger partial charge on any atom is 0.261 e. The summed E-state index contributed by atoms with van der Waals surface area (Å²) in [5.74, 6) is 0. The molecule has 0 unspecified atom stereocenters. The van der Waals surface area contributed by atoms with E-state index in [2.05, 4.69) is 49.9 Å². The van der Waals surface area contributed by atoms with E-state index < -0.39 is 26.6 Å². The van der Waals surface area contributed by atoms with E-state index in [4.69, 9.17) is 4.43 Å².